The van der Waals surface area contributed by atoms with E-state index in [-0.39, 0.29) is 11.8 Å². The zero-order chi connectivity index (χ0) is 22.8. The summed E-state index contributed by atoms with van der Waals surface area (Å²) in [4.78, 5) is 15.1. The summed E-state index contributed by atoms with van der Waals surface area (Å²) in [6, 6.07) is 21.4. The molecule has 2 aliphatic rings. The number of amides is 1. The van der Waals surface area contributed by atoms with Crippen LogP contribution in [0.5, 0.6) is 0 Å². The molecule has 172 valence electrons. The standard InChI is InChI=1S/C27H30N2O3S/c30-27(22-11-5-2-6-12-22)28-17-19-29(20-18-28)33(31,32)26-16-15-23(21-9-3-1-4-10-21)24-13-7-8-14-25(24)26/h1,3-4,7-10,13-16,22H,2,5-6,11-12,17-20H2. The molecule has 1 aliphatic carbocycles. The van der Waals surface area contributed by atoms with Crippen LogP contribution in [0.2, 0.25) is 0 Å². The number of nitrogens with zero attached hydrogens (tertiary/aromatic N) is 2. The first kappa shape index (κ1) is 22.1. The molecule has 1 aliphatic heterocycles. The van der Waals surface area contributed by atoms with E-state index in [1.807, 2.05) is 65.6 Å². The molecule has 0 radical (unpaired) electrons. The van der Waals surface area contributed by atoms with E-state index in [4.69, 9.17) is 0 Å². The minimum absolute atomic E-state index is 0.122. The van der Waals surface area contributed by atoms with Crippen molar-refractivity contribution in [3.05, 3.63) is 66.7 Å². The highest BCUT2D eigenvalue weighted by Gasteiger charge is 2.33. The van der Waals surface area contributed by atoms with Crippen molar-refractivity contribution in [3.63, 3.8) is 0 Å². The third kappa shape index (κ3) is 4.30. The molecule has 33 heavy (non-hydrogen) atoms. The van der Waals surface area contributed by atoms with Crippen molar-refractivity contribution < 1.29 is 13.2 Å². The zero-order valence-electron chi connectivity index (χ0n) is 18.8. The Bertz CT molecular complexity index is 1240. The molecule has 0 N–H and O–H groups in total. The Balaban J connectivity index is 1.39. The average Bonchev–Trinajstić information content (AvgIpc) is 2.88. The molecular weight excluding hydrogens is 432 g/mol. The Morgan fingerprint density at radius 2 is 1.36 bits per heavy atom. The van der Waals surface area contributed by atoms with E-state index in [0.29, 0.717) is 31.1 Å². The minimum atomic E-state index is -3.67. The summed E-state index contributed by atoms with van der Waals surface area (Å²) in [6.07, 6.45) is 5.40. The van der Waals surface area contributed by atoms with Crippen LogP contribution in [0.4, 0.5) is 0 Å². The number of carbonyl (C=O) groups is 1. The van der Waals surface area contributed by atoms with E-state index in [9.17, 15) is 13.2 Å². The molecule has 3 aromatic rings. The van der Waals surface area contributed by atoms with Gasteiger partial charge in [0.1, 0.15) is 0 Å². The van der Waals surface area contributed by atoms with Gasteiger partial charge in [-0.25, -0.2) is 8.42 Å². The van der Waals surface area contributed by atoms with Gasteiger partial charge in [0.2, 0.25) is 15.9 Å². The third-order valence-electron chi connectivity index (χ3n) is 7.09. The van der Waals surface area contributed by atoms with Gasteiger partial charge in [0.05, 0.1) is 4.90 Å². The predicted molar refractivity (Wildman–Crippen MR) is 131 cm³/mol. The smallest absolute Gasteiger partial charge is 0.243 e. The number of hydrogen-bond acceptors (Lipinski definition) is 3. The highest BCUT2D eigenvalue weighted by molar-refractivity contribution is 7.89. The second-order valence-electron chi connectivity index (χ2n) is 9.09. The van der Waals surface area contributed by atoms with Crippen molar-refractivity contribution in [1.29, 1.82) is 0 Å². The van der Waals surface area contributed by atoms with Crippen molar-refractivity contribution in [1.82, 2.24) is 9.21 Å². The monoisotopic (exact) mass is 462 g/mol. The molecule has 5 nitrogen and oxygen atoms in total. The topological polar surface area (TPSA) is 57.7 Å². The fraction of sp³-hybridized carbons (Fsp3) is 0.370. The van der Waals surface area contributed by atoms with Crippen molar-refractivity contribution in [2.45, 2.75) is 37.0 Å². The van der Waals surface area contributed by atoms with Crippen LogP contribution >= 0.6 is 0 Å². The lowest BCUT2D eigenvalue weighted by atomic mass is 9.88. The van der Waals surface area contributed by atoms with Crippen LogP contribution in [0, 0.1) is 5.92 Å². The summed E-state index contributed by atoms with van der Waals surface area (Å²) in [6.45, 7) is 1.62. The minimum Gasteiger partial charge on any atom is -0.340 e. The number of sulfonamides is 1. The van der Waals surface area contributed by atoms with Crippen LogP contribution in [-0.2, 0) is 14.8 Å². The molecule has 1 heterocycles. The Morgan fingerprint density at radius 3 is 2.06 bits per heavy atom. The molecule has 0 spiro atoms. The molecule has 2 fully saturated rings. The largest absolute Gasteiger partial charge is 0.340 e. The van der Waals surface area contributed by atoms with Gasteiger partial charge in [-0.15, -0.1) is 0 Å². The molecule has 0 unspecified atom stereocenters. The van der Waals surface area contributed by atoms with Gasteiger partial charge in [-0.1, -0.05) is 79.9 Å². The van der Waals surface area contributed by atoms with Gasteiger partial charge in [-0.3, -0.25) is 4.79 Å². The van der Waals surface area contributed by atoms with Crippen molar-refractivity contribution in [3.8, 4) is 11.1 Å². The van der Waals surface area contributed by atoms with E-state index < -0.39 is 10.0 Å². The normalized spacial score (nSPS) is 18.5. The van der Waals surface area contributed by atoms with Gasteiger partial charge in [0.15, 0.2) is 0 Å². The molecule has 0 bridgehead atoms. The number of piperazine rings is 1. The maximum atomic E-state index is 13.6. The fourth-order valence-corrected chi connectivity index (χ4v) is 6.88. The molecule has 1 amide bonds. The summed E-state index contributed by atoms with van der Waals surface area (Å²) < 4.78 is 28.8. The molecule has 0 aromatic heterocycles. The van der Waals surface area contributed by atoms with E-state index in [1.54, 1.807) is 10.4 Å². The molecule has 1 saturated carbocycles. The average molecular weight is 463 g/mol. The molecule has 1 saturated heterocycles. The first-order valence-electron chi connectivity index (χ1n) is 11.9. The first-order chi connectivity index (χ1) is 16.1. The second-order valence-corrected chi connectivity index (χ2v) is 11.0. The van der Waals surface area contributed by atoms with Gasteiger partial charge >= 0.3 is 0 Å². The van der Waals surface area contributed by atoms with Crippen molar-refractivity contribution in [2.24, 2.45) is 5.92 Å². The van der Waals surface area contributed by atoms with Crippen LogP contribution < -0.4 is 0 Å². The number of rotatable bonds is 4. The molecule has 5 rings (SSSR count). The van der Waals surface area contributed by atoms with Crippen LogP contribution in [0.15, 0.2) is 71.6 Å². The quantitative estimate of drug-likeness (QED) is 0.553. The van der Waals surface area contributed by atoms with Crippen LogP contribution in [-0.4, -0.2) is 49.7 Å². The molecule has 3 aromatic carbocycles. The Labute approximate surface area is 196 Å². The molecule has 0 atom stereocenters. The second kappa shape index (κ2) is 9.27. The van der Waals surface area contributed by atoms with Gasteiger partial charge < -0.3 is 4.90 Å². The van der Waals surface area contributed by atoms with E-state index in [0.717, 1.165) is 47.6 Å². The van der Waals surface area contributed by atoms with Crippen molar-refractivity contribution in [2.75, 3.05) is 26.2 Å². The lowest BCUT2D eigenvalue weighted by Crippen LogP contribution is -2.52. The third-order valence-corrected chi connectivity index (χ3v) is 9.05. The summed E-state index contributed by atoms with van der Waals surface area (Å²) in [5, 5.41) is 1.66. The van der Waals surface area contributed by atoms with Crippen LogP contribution in [0.1, 0.15) is 32.1 Å². The first-order valence-corrected chi connectivity index (χ1v) is 13.4. The fourth-order valence-electron chi connectivity index (χ4n) is 5.26. The van der Waals surface area contributed by atoms with Crippen LogP contribution in [0.3, 0.4) is 0 Å². The van der Waals surface area contributed by atoms with Gasteiger partial charge in [0.25, 0.3) is 0 Å². The van der Waals surface area contributed by atoms with Gasteiger partial charge in [-0.05, 0) is 35.4 Å². The number of fused-ring (bicyclic) bond motifs is 1. The molecular formula is C27H30N2O3S. The number of carbonyl (C=O) groups excluding carboxylic acids is 1. The lowest BCUT2D eigenvalue weighted by Gasteiger charge is -2.36. The maximum absolute atomic E-state index is 13.6. The summed E-state index contributed by atoms with van der Waals surface area (Å²) in [5.41, 5.74) is 2.08. The Kier molecular flexibility index (Phi) is 6.21. The van der Waals surface area contributed by atoms with Crippen molar-refractivity contribution >= 4 is 26.7 Å². The lowest BCUT2D eigenvalue weighted by molar-refractivity contribution is -0.137. The van der Waals surface area contributed by atoms with E-state index in [1.165, 1.54) is 6.42 Å². The Morgan fingerprint density at radius 1 is 0.727 bits per heavy atom. The highest BCUT2D eigenvalue weighted by atomic mass is 32.2. The summed E-state index contributed by atoms with van der Waals surface area (Å²) in [5.74, 6) is 0.334. The highest BCUT2D eigenvalue weighted by Crippen LogP contribution is 2.34. The van der Waals surface area contributed by atoms with E-state index >= 15 is 0 Å². The van der Waals surface area contributed by atoms with E-state index in [2.05, 4.69) is 0 Å². The van der Waals surface area contributed by atoms with Gasteiger partial charge in [-0.2, -0.15) is 4.31 Å². The van der Waals surface area contributed by atoms with Gasteiger partial charge in [0, 0.05) is 37.5 Å². The number of hydrogen-bond donors (Lipinski definition) is 0. The maximum Gasteiger partial charge on any atom is 0.243 e. The van der Waals surface area contributed by atoms with Crippen LogP contribution in [0.25, 0.3) is 21.9 Å². The predicted octanol–water partition coefficient (Wildman–Crippen LogP) is 4.92. The zero-order valence-corrected chi connectivity index (χ0v) is 19.6. The SMILES string of the molecule is O=C(C1CCCCC1)N1CCN(S(=O)(=O)c2ccc(-c3ccccc3)c3ccccc23)CC1. The number of benzene rings is 3. The Hall–Kier alpha value is -2.70. The summed E-state index contributed by atoms with van der Waals surface area (Å²) in [7, 11) is -3.67. The summed E-state index contributed by atoms with van der Waals surface area (Å²) >= 11 is 0. The molecule has 6 heteroatoms.